The topological polar surface area (TPSA) is 49.9 Å². The monoisotopic (exact) mass is 302 g/mol. The van der Waals surface area contributed by atoms with Gasteiger partial charge in [0, 0.05) is 20.2 Å². The molecule has 0 radical (unpaired) electrons. The Hall–Kier alpha value is -1.39. The normalized spacial score (nSPS) is 10.5. The summed E-state index contributed by atoms with van der Waals surface area (Å²) in [6, 6.07) is 14.4. The maximum absolute atomic E-state index is 7.87. The molecule has 0 saturated heterocycles. The summed E-state index contributed by atoms with van der Waals surface area (Å²) < 4.78 is 0. The van der Waals surface area contributed by atoms with Gasteiger partial charge in [0.05, 0.1) is 0 Å². The second-order valence-corrected chi connectivity index (χ2v) is 6.73. The first-order valence-electron chi connectivity index (χ1n) is 6.47. The molecule has 2 aromatic rings. The number of benzene rings is 2. The second kappa shape index (κ2) is 6.86. The summed E-state index contributed by atoms with van der Waals surface area (Å²) in [4.78, 5) is 3.33. The van der Waals surface area contributed by atoms with E-state index < -0.39 is 0 Å². The number of nitrogens with one attached hydrogen (secondary N) is 1. The van der Waals surface area contributed by atoms with Crippen molar-refractivity contribution in [2.24, 2.45) is 5.73 Å². The Kier molecular flexibility index (Phi) is 5.15. The summed E-state index contributed by atoms with van der Waals surface area (Å²) >= 11 is 3.40. The average molecular weight is 302 g/mol. The molecule has 0 aromatic heterocycles. The number of amidine groups is 1. The average Bonchev–Trinajstić information content (AvgIpc) is 2.41. The molecule has 0 aliphatic carbocycles. The maximum Gasteiger partial charge on any atom is 0.125 e. The van der Waals surface area contributed by atoms with Crippen LogP contribution in [0, 0.1) is 12.3 Å². The zero-order valence-electron chi connectivity index (χ0n) is 11.6. The molecule has 4 heteroatoms. The zero-order valence-corrected chi connectivity index (χ0v) is 13.3. The smallest absolute Gasteiger partial charge is 0.125 e. The molecule has 0 aliphatic rings. The predicted molar refractivity (Wildman–Crippen MR) is 89.2 cm³/mol. The maximum atomic E-state index is 7.87. The van der Waals surface area contributed by atoms with E-state index in [0.717, 1.165) is 21.1 Å². The van der Waals surface area contributed by atoms with E-state index >= 15 is 0 Å². The molecule has 0 unspecified atom stereocenters. The summed E-state index contributed by atoms with van der Waals surface area (Å²) in [6.07, 6.45) is 0. The van der Waals surface area contributed by atoms with Gasteiger partial charge in [0.25, 0.3) is 0 Å². The number of aryl methyl sites for hydroxylation is 1. The van der Waals surface area contributed by atoms with E-state index in [4.69, 9.17) is 11.1 Å². The second-order valence-electron chi connectivity index (χ2n) is 4.34. The molecule has 0 saturated carbocycles. The van der Waals surface area contributed by atoms with Crippen LogP contribution in [0.4, 0.5) is 0 Å². The molecule has 3 N–H and O–H groups in total. The van der Waals surface area contributed by atoms with Gasteiger partial charge in [-0.3, -0.25) is 5.41 Å². The van der Waals surface area contributed by atoms with E-state index in [1.54, 1.807) is 23.5 Å². The first kappa shape index (κ1) is 15.0. The summed E-state index contributed by atoms with van der Waals surface area (Å²) in [5, 5.41) is 7.87. The molecule has 0 fully saturated rings. The van der Waals surface area contributed by atoms with Crippen LogP contribution in [0.3, 0.4) is 0 Å². The van der Waals surface area contributed by atoms with Gasteiger partial charge in [-0.05, 0) is 36.4 Å². The SMILES string of the molecule is CCSc1cccc(Sc2ccccc2C)c1C(=N)N. The third-order valence-electron chi connectivity index (χ3n) is 2.87. The van der Waals surface area contributed by atoms with E-state index in [0.29, 0.717) is 0 Å². The fourth-order valence-corrected chi connectivity index (χ4v) is 3.92. The summed E-state index contributed by atoms with van der Waals surface area (Å²) in [5.41, 5.74) is 7.88. The Morgan fingerprint density at radius 3 is 2.35 bits per heavy atom. The zero-order chi connectivity index (χ0) is 14.5. The number of thioether (sulfide) groups is 1. The molecule has 20 heavy (non-hydrogen) atoms. The number of nitrogens with two attached hydrogens (primary N) is 1. The highest BCUT2D eigenvalue weighted by Crippen LogP contribution is 2.36. The molecule has 0 bridgehead atoms. The van der Waals surface area contributed by atoms with E-state index in [1.165, 1.54) is 10.5 Å². The minimum absolute atomic E-state index is 0.137. The van der Waals surface area contributed by atoms with Crippen molar-refractivity contribution < 1.29 is 0 Å². The highest BCUT2D eigenvalue weighted by Gasteiger charge is 2.13. The Morgan fingerprint density at radius 1 is 1.05 bits per heavy atom. The van der Waals surface area contributed by atoms with Crippen molar-refractivity contribution in [1.29, 1.82) is 5.41 Å². The number of hydrogen-bond acceptors (Lipinski definition) is 3. The van der Waals surface area contributed by atoms with Crippen LogP contribution in [0.1, 0.15) is 18.1 Å². The van der Waals surface area contributed by atoms with Crippen molar-refractivity contribution in [3.8, 4) is 0 Å². The quantitative estimate of drug-likeness (QED) is 0.484. The van der Waals surface area contributed by atoms with E-state index in [-0.39, 0.29) is 5.84 Å². The predicted octanol–water partition coefficient (Wildman–Crippen LogP) is 4.54. The standard InChI is InChI=1S/C16H18N2S2/c1-3-19-13-9-6-10-14(15(13)16(17)18)20-12-8-5-4-7-11(12)2/h4-10H,3H2,1-2H3,(H3,17,18). The van der Waals surface area contributed by atoms with Crippen molar-refractivity contribution in [2.75, 3.05) is 5.75 Å². The molecular formula is C16H18N2S2. The molecule has 2 nitrogen and oxygen atoms in total. The summed E-state index contributed by atoms with van der Waals surface area (Å²) in [6.45, 7) is 4.20. The van der Waals surface area contributed by atoms with Gasteiger partial charge < -0.3 is 5.73 Å². The van der Waals surface area contributed by atoms with Crippen molar-refractivity contribution in [3.05, 3.63) is 53.6 Å². The van der Waals surface area contributed by atoms with Gasteiger partial charge in [0.15, 0.2) is 0 Å². The van der Waals surface area contributed by atoms with Crippen molar-refractivity contribution in [1.82, 2.24) is 0 Å². The number of nitrogen functional groups attached to an aromatic ring is 1. The van der Waals surface area contributed by atoms with Crippen molar-refractivity contribution in [2.45, 2.75) is 28.5 Å². The largest absolute Gasteiger partial charge is 0.384 e. The first-order chi connectivity index (χ1) is 9.63. The lowest BCUT2D eigenvalue weighted by atomic mass is 10.2. The fourth-order valence-electron chi connectivity index (χ4n) is 1.93. The van der Waals surface area contributed by atoms with Gasteiger partial charge in [0.2, 0.25) is 0 Å². The molecule has 0 amide bonds. The minimum atomic E-state index is 0.137. The van der Waals surface area contributed by atoms with Crippen molar-refractivity contribution >= 4 is 29.4 Å². The molecule has 0 heterocycles. The number of hydrogen-bond donors (Lipinski definition) is 2. The van der Waals surface area contributed by atoms with Crippen LogP contribution in [-0.2, 0) is 0 Å². The van der Waals surface area contributed by atoms with E-state index in [2.05, 4.69) is 26.0 Å². The number of rotatable bonds is 5. The molecule has 104 valence electrons. The van der Waals surface area contributed by atoms with Gasteiger partial charge in [0.1, 0.15) is 5.84 Å². The van der Waals surface area contributed by atoms with Gasteiger partial charge in [-0.15, -0.1) is 11.8 Å². The molecular weight excluding hydrogens is 284 g/mol. The molecule has 0 atom stereocenters. The van der Waals surface area contributed by atoms with Crippen molar-refractivity contribution in [3.63, 3.8) is 0 Å². The van der Waals surface area contributed by atoms with Gasteiger partial charge >= 0.3 is 0 Å². The summed E-state index contributed by atoms with van der Waals surface area (Å²) in [7, 11) is 0. The lowest BCUT2D eigenvalue weighted by molar-refractivity contribution is 1.23. The van der Waals surface area contributed by atoms with Crippen LogP contribution in [-0.4, -0.2) is 11.6 Å². The van der Waals surface area contributed by atoms with E-state index in [1.807, 2.05) is 30.3 Å². The van der Waals surface area contributed by atoms with Crippen LogP contribution < -0.4 is 5.73 Å². The van der Waals surface area contributed by atoms with Gasteiger partial charge in [-0.1, -0.05) is 43.0 Å². The Labute approximate surface area is 128 Å². The third kappa shape index (κ3) is 3.38. The lowest BCUT2D eigenvalue weighted by Gasteiger charge is -2.13. The third-order valence-corrected chi connectivity index (χ3v) is 5.05. The first-order valence-corrected chi connectivity index (χ1v) is 8.27. The highest BCUT2D eigenvalue weighted by molar-refractivity contribution is 8.00. The summed E-state index contributed by atoms with van der Waals surface area (Å²) in [5.74, 6) is 1.11. The Morgan fingerprint density at radius 2 is 1.70 bits per heavy atom. The van der Waals surface area contributed by atoms with Crippen LogP contribution in [0.2, 0.25) is 0 Å². The molecule has 0 aliphatic heterocycles. The van der Waals surface area contributed by atoms with Gasteiger partial charge in [-0.25, -0.2) is 0 Å². The highest BCUT2D eigenvalue weighted by atomic mass is 32.2. The minimum Gasteiger partial charge on any atom is -0.384 e. The molecule has 0 spiro atoms. The molecule has 2 rings (SSSR count). The van der Waals surface area contributed by atoms with Gasteiger partial charge in [-0.2, -0.15) is 0 Å². The molecule has 2 aromatic carbocycles. The van der Waals surface area contributed by atoms with Crippen LogP contribution in [0.25, 0.3) is 0 Å². The van der Waals surface area contributed by atoms with Crippen LogP contribution in [0.15, 0.2) is 57.2 Å². The Bertz CT molecular complexity index is 624. The fraction of sp³-hybridized carbons (Fsp3) is 0.188. The van der Waals surface area contributed by atoms with Crippen LogP contribution in [0.5, 0.6) is 0 Å². The van der Waals surface area contributed by atoms with Crippen LogP contribution >= 0.6 is 23.5 Å². The Balaban J connectivity index is 2.44. The lowest BCUT2D eigenvalue weighted by Crippen LogP contribution is -2.13. The van der Waals surface area contributed by atoms with E-state index in [9.17, 15) is 0 Å².